The highest BCUT2D eigenvalue weighted by molar-refractivity contribution is 4.84. The van der Waals surface area contributed by atoms with Gasteiger partial charge in [0.05, 0.1) is 12.2 Å². The van der Waals surface area contributed by atoms with Gasteiger partial charge in [-0.1, -0.05) is 32.3 Å². The molecule has 0 amide bonds. The van der Waals surface area contributed by atoms with E-state index in [1.807, 2.05) is 0 Å². The first-order valence-corrected chi connectivity index (χ1v) is 8.09. The third-order valence-electron chi connectivity index (χ3n) is 4.95. The van der Waals surface area contributed by atoms with Gasteiger partial charge in [-0.05, 0) is 56.8 Å². The lowest BCUT2D eigenvalue weighted by Gasteiger charge is -2.32. The van der Waals surface area contributed by atoms with Crippen LogP contribution in [-0.2, 0) is 4.74 Å². The number of allylic oxidation sites excluding steroid dienone is 1. The highest BCUT2D eigenvalue weighted by Crippen LogP contribution is 2.38. The van der Waals surface area contributed by atoms with Gasteiger partial charge in [0.1, 0.15) is 0 Å². The van der Waals surface area contributed by atoms with Crippen LogP contribution >= 0.6 is 0 Å². The molecule has 0 N–H and O–H groups in total. The van der Waals surface area contributed by atoms with Crippen molar-refractivity contribution in [2.24, 2.45) is 11.8 Å². The molecule has 2 rings (SSSR count). The van der Waals surface area contributed by atoms with Crippen molar-refractivity contribution in [3.05, 3.63) is 12.7 Å². The van der Waals surface area contributed by atoms with Gasteiger partial charge in [0, 0.05) is 0 Å². The summed E-state index contributed by atoms with van der Waals surface area (Å²) in [7, 11) is 0. The molecule has 0 aromatic rings. The van der Waals surface area contributed by atoms with Gasteiger partial charge in [-0.3, -0.25) is 0 Å². The molecule has 1 aliphatic carbocycles. The number of rotatable bonds is 6. The van der Waals surface area contributed by atoms with E-state index in [0.29, 0.717) is 12.2 Å². The summed E-state index contributed by atoms with van der Waals surface area (Å²) in [5.74, 6) is 1.83. The Labute approximate surface area is 113 Å². The molecule has 0 aromatic carbocycles. The van der Waals surface area contributed by atoms with E-state index in [2.05, 4.69) is 19.6 Å². The highest BCUT2D eigenvalue weighted by Gasteiger charge is 2.33. The second-order valence-corrected chi connectivity index (χ2v) is 6.31. The van der Waals surface area contributed by atoms with Crippen molar-refractivity contribution in [2.45, 2.75) is 83.3 Å². The second-order valence-electron chi connectivity index (χ2n) is 6.31. The fourth-order valence-corrected chi connectivity index (χ4v) is 3.82. The summed E-state index contributed by atoms with van der Waals surface area (Å²) in [6.07, 6.45) is 16.7. The monoisotopic (exact) mass is 250 g/mol. The Hall–Kier alpha value is -0.300. The first kappa shape index (κ1) is 14.1. The first-order valence-electron chi connectivity index (χ1n) is 8.09. The van der Waals surface area contributed by atoms with Gasteiger partial charge >= 0.3 is 0 Å². The van der Waals surface area contributed by atoms with Crippen LogP contribution in [0, 0.1) is 11.8 Å². The van der Waals surface area contributed by atoms with E-state index >= 15 is 0 Å². The van der Waals surface area contributed by atoms with E-state index in [1.54, 1.807) is 0 Å². The topological polar surface area (TPSA) is 9.23 Å². The molecule has 1 saturated carbocycles. The van der Waals surface area contributed by atoms with Gasteiger partial charge in [-0.15, -0.1) is 6.58 Å². The van der Waals surface area contributed by atoms with Crippen molar-refractivity contribution in [1.29, 1.82) is 0 Å². The maximum Gasteiger partial charge on any atom is 0.0608 e. The van der Waals surface area contributed by atoms with Crippen molar-refractivity contribution >= 4 is 0 Å². The summed E-state index contributed by atoms with van der Waals surface area (Å²) in [6, 6.07) is 0. The van der Waals surface area contributed by atoms with Crippen molar-refractivity contribution in [3.8, 4) is 0 Å². The lowest BCUT2D eigenvalue weighted by atomic mass is 9.77. The molecule has 2 unspecified atom stereocenters. The highest BCUT2D eigenvalue weighted by atomic mass is 16.5. The molecule has 2 fully saturated rings. The Morgan fingerprint density at radius 1 is 1.06 bits per heavy atom. The maximum absolute atomic E-state index is 6.24. The Bertz CT molecular complexity index is 240. The second kappa shape index (κ2) is 7.33. The molecule has 0 bridgehead atoms. The molecule has 0 spiro atoms. The molecule has 18 heavy (non-hydrogen) atoms. The SMILES string of the molecule is C=CCCC1CCC(C2CCC(CCC)O2)CC1. The van der Waals surface area contributed by atoms with Crippen LogP contribution in [0.1, 0.15) is 71.1 Å². The van der Waals surface area contributed by atoms with Crippen LogP contribution in [0.4, 0.5) is 0 Å². The smallest absolute Gasteiger partial charge is 0.0608 e. The van der Waals surface area contributed by atoms with Crippen LogP contribution in [0.3, 0.4) is 0 Å². The van der Waals surface area contributed by atoms with E-state index < -0.39 is 0 Å². The summed E-state index contributed by atoms with van der Waals surface area (Å²) < 4.78 is 6.24. The maximum atomic E-state index is 6.24. The minimum Gasteiger partial charge on any atom is -0.375 e. The van der Waals surface area contributed by atoms with Crippen molar-refractivity contribution in [3.63, 3.8) is 0 Å². The Morgan fingerprint density at radius 2 is 1.83 bits per heavy atom. The molecular weight excluding hydrogens is 220 g/mol. The number of hydrogen-bond donors (Lipinski definition) is 0. The molecule has 2 atom stereocenters. The fourth-order valence-electron chi connectivity index (χ4n) is 3.82. The zero-order chi connectivity index (χ0) is 12.8. The van der Waals surface area contributed by atoms with Crippen LogP contribution in [0.25, 0.3) is 0 Å². The van der Waals surface area contributed by atoms with Gasteiger partial charge in [-0.2, -0.15) is 0 Å². The van der Waals surface area contributed by atoms with Gasteiger partial charge in [0.2, 0.25) is 0 Å². The fraction of sp³-hybridized carbons (Fsp3) is 0.882. The summed E-state index contributed by atoms with van der Waals surface area (Å²) in [6.45, 7) is 6.09. The number of hydrogen-bond acceptors (Lipinski definition) is 1. The van der Waals surface area contributed by atoms with E-state index in [-0.39, 0.29) is 0 Å². The zero-order valence-electron chi connectivity index (χ0n) is 12.1. The molecule has 1 aliphatic heterocycles. The van der Waals surface area contributed by atoms with Crippen molar-refractivity contribution in [1.82, 2.24) is 0 Å². The normalized spacial score (nSPS) is 36.7. The lowest BCUT2D eigenvalue weighted by molar-refractivity contribution is -0.00722. The number of ether oxygens (including phenoxy) is 1. The minimum absolute atomic E-state index is 0.582. The van der Waals surface area contributed by atoms with Crippen molar-refractivity contribution < 1.29 is 4.74 Å². The molecule has 1 saturated heterocycles. The van der Waals surface area contributed by atoms with Crippen LogP contribution in [0.15, 0.2) is 12.7 Å². The molecule has 0 aromatic heterocycles. The lowest BCUT2D eigenvalue weighted by Crippen LogP contribution is -2.26. The van der Waals surface area contributed by atoms with Gasteiger partial charge in [-0.25, -0.2) is 0 Å². The van der Waals surface area contributed by atoms with E-state index in [1.165, 1.54) is 64.2 Å². The third-order valence-corrected chi connectivity index (χ3v) is 4.95. The van der Waals surface area contributed by atoms with E-state index in [4.69, 9.17) is 4.74 Å². The summed E-state index contributed by atoms with van der Waals surface area (Å²) in [4.78, 5) is 0. The molecule has 1 nitrogen and oxygen atoms in total. The third kappa shape index (κ3) is 3.85. The Balaban J connectivity index is 1.68. The molecule has 1 heteroatoms. The Kier molecular flexibility index (Phi) is 5.75. The van der Waals surface area contributed by atoms with E-state index in [0.717, 1.165) is 11.8 Å². The van der Waals surface area contributed by atoms with Crippen molar-refractivity contribution in [2.75, 3.05) is 0 Å². The molecule has 1 heterocycles. The quantitative estimate of drug-likeness (QED) is 0.595. The van der Waals surface area contributed by atoms with Crippen LogP contribution < -0.4 is 0 Å². The summed E-state index contributed by atoms with van der Waals surface area (Å²) in [5, 5.41) is 0. The minimum atomic E-state index is 0.582. The molecule has 2 aliphatic rings. The van der Waals surface area contributed by atoms with Gasteiger partial charge in [0.15, 0.2) is 0 Å². The van der Waals surface area contributed by atoms with E-state index in [9.17, 15) is 0 Å². The Morgan fingerprint density at radius 3 is 2.50 bits per heavy atom. The summed E-state index contributed by atoms with van der Waals surface area (Å²) >= 11 is 0. The largest absolute Gasteiger partial charge is 0.375 e. The average Bonchev–Trinajstić information content (AvgIpc) is 2.86. The molecular formula is C17H30O. The predicted octanol–water partition coefficient (Wildman–Crippen LogP) is 5.11. The zero-order valence-corrected chi connectivity index (χ0v) is 12.1. The van der Waals surface area contributed by atoms with Crippen LogP contribution in [0.5, 0.6) is 0 Å². The standard InChI is InChI=1S/C17H30O/c1-3-5-7-14-8-10-15(11-9-14)17-13-12-16(18-17)6-4-2/h3,14-17H,1,4-13H2,2H3. The predicted molar refractivity (Wildman–Crippen MR) is 77.7 cm³/mol. The van der Waals surface area contributed by atoms with Gasteiger partial charge < -0.3 is 4.74 Å². The molecule has 0 radical (unpaired) electrons. The average molecular weight is 250 g/mol. The molecule has 104 valence electrons. The van der Waals surface area contributed by atoms with Crippen LogP contribution in [-0.4, -0.2) is 12.2 Å². The summed E-state index contributed by atoms with van der Waals surface area (Å²) in [5.41, 5.74) is 0. The van der Waals surface area contributed by atoms with Gasteiger partial charge in [0.25, 0.3) is 0 Å². The van der Waals surface area contributed by atoms with Crippen LogP contribution in [0.2, 0.25) is 0 Å². The first-order chi connectivity index (χ1) is 8.83.